The van der Waals surface area contributed by atoms with Crippen molar-refractivity contribution in [3.63, 3.8) is 0 Å². The maximum atomic E-state index is 11.7. The van der Waals surface area contributed by atoms with E-state index in [4.69, 9.17) is 11.6 Å². The molecule has 1 aromatic heterocycles. The Hall–Kier alpha value is -2.07. The number of benzene rings is 1. The van der Waals surface area contributed by atoms with Gasteiger partial charge in [-0.1, -0.05) is 29.8 Å². The predicted molar refractivity (Wildman–Crippen MR) is 80.2 cm³/mol. The summed E-state index contributed by atoms with van der Waals surface area (Å²) in [5.41, 5.74) is 1.66. The van der Waals surface area contributed by atoms with E-state index in [0.717, 1.165) is 17.8 Å². The molecule has 104 valence electrons. The number of rotatable bonds is 5. The Balaban J connectivity index is 1.88. The minimum absolute atomic E-state index is 0.170. The normalized spacial score (nSPS) is 10.9. The van der Waals surface area contributed by atoms with Crippen LogP contribution in [0.4, 0.5) is 0 Å². The van der Waals surface area contributed by atoms with E-state index < -0.39 is 0 Å². The van der Waals surface area contributed by atoms with Crippen LogP contribution < -0.4 is 5.32 Å². The van der Waals surface area contributed by atoms with Crippen LogP contribution in [-0.2, 0) is 17.9 Å². The van der Waals surface area contributed by atoms with Crippen LogP contribution in [0.5, 0.6) is 0 Å². The minimum atomic E-state index is -0.170. The van der Waals surface area contributed by atoms with Crippen molar-refractivity contribution in [2.24, 2.45) is 0 Å². The van der Waals surface area contributed by atoms with Gasteiger partial charge in [0.25, 0.3) is 0 Å². The molecule has 1 N–H and O–H groups in total. The molecule has 4 nitrogen and oxygen atoms in total. The first-order valence-electron chi connectivity index (χ1n) is 6.42. The standard InChI is InChI=1S/C15H16ClN3O/c1-2-19-10-9-13(18-19)11-17-15(20)8-7-12-5-3-4-6-14(12)16/h3-10H,2,11H2,1H3,(H,17,20)/b8-7+. The molecule has 1 amide bonds. The fraction of sp³-hybridized carbons (Fsp3) is 0.200. The number of carbonyl (C=O) groups is 1. The molecule has 2 aromatic rings. The van der Waals surface area contributed by atoms with Crippen LogP contribution in [0.1, 0.15) is 18.2 Å². The Labute approximate surface area is 123 Å². The number of nitrogens with one attached hydrogen (secondary N) is 1. The van der Waals surface area contributed by atoms with E-state index in [1.54, 1.807) is 12.1 Å². The lowest BCUT2D eigenvalue weighted by atomic mass is 10.2. The first-order chi connectivity index (χ1) is 9.69. The second-order valence-electron chi connectivity index (χ2n) is 4.24. The molecular formula is C15H16ClN3O. The number of halogens is 1. The van der Waals surface area contributed by atoms with Crippen LogP contribution in [0.2, 0.25) is 5.02 Å². The molecular weight excluding hydrogens is 274 g/mol. The lowest BCUT2D eigenvalue weighted by Gasteiger charge is -2.00. The molecule has 0 bridgehead atoms. The molecule has 0 aliphatic heterocycles. The van der Waals surface area contributed by atoms with Gasteiger partial charge in [-0.15, -0.1) is 0 Å². The highest BCUT2D eigenvalue weighted by Gasteiger charge is 2.00. The number of carbonyl (C=O) groups excluding carboxylic acids is 1. The summed E-state index contributed by atoms with van der Waals surface area (Å²) in [7, 11) is 0. The van der Waals surface area contributed by atoms with E-state index in [9.17, 15) is 4.79 Å². The summed E-state index contributed by atoms with van der Waals surface area (Å²) in [5, 5.41) is 7.69. The minimum Gasteiger partial charge on any atom is -0.347 e. The van der Waals surface area contributed by atoms with Gasteiger partial charge < -0.3 is 5.32 Å². The third-order valence-corrected chi connectivity index (χ3v) is 3.13. The van der Waals surface area contributed by atoms with Crippen molar-refractivity contribution in [3.05, 3.63) is 58.9 Å². The number of hydrogen-bond donors (Lipinski definition) is 1. The summed E-state index contributed by atoms with van der Waals surface area (Å²) in [6, 6.07) is 9.26. The van der Waals surface area contributed by atoms with Crippen molar-refractivity contribution in [1.29, 1.82) is 0 Å². The molecule has 0 unspecified atom stereocenters. The van der Waals surface area contributed by atoms with Crippen molar-refractivity contribution >= 4 is 23.6 Å². The second kappa shape index (κ2) is 6.91. The van der Waals surface area contributed by atoms with Crippen LogP contribution in [0, 0.1) is 0 Å². The molecule has 0 radical (unpaired) electrons. The van der Waals surface area contributed by atoms with Gasteiger partial charge in [0.2, 0.25) is 5.91 Å². The average molecular weight is 290 g/mol. The molecule has 1 aromatic carbocycles. The van der Waals surface area contributed by atoms with E-state index in [1.165, 1.54) is 6.08 Å². The Morgan fingerprint density at radius 1 is 1.40 bits per heavy atom. The highest BCUT2D eigenvalue weighted by molar-refractivity contribution is 6.32. The van der Waals surface area contributed by atoms with E-state index >= 15 is 0 Å². The highest BCUT2D eigenvalue weighted by atomic mass is 35.5. The lowest BCUT2D eigenvalue weighted by Crippen LogP contribution is -2.20. The summed E-state index contributed by atoms with van der Waals surface area (Å²) < 4.78 is 1.82. The molecule has 0 aliphatic carbocycles. The van der Waals surface area contributed by atoms with Gasteiger partial charge in [-0.2, -0.15) is 5.10 Å². The van der Waals surface area contributed by atoms with E-state index in [1.807, 2.05) is 42.1 Å². The van der Waals surface area contributed by atoms with Gasteiger partial charge in [-0.3, -0.25) is 9.48 Å². The number of aryl methyl sites for hydroxylation is 1. The molecule has 1 heterocycles. The number of hydrogen-bond acceptors (Lipinski definition) is 2. The number of nitrogens with zero attached hydrogens (tertiary/aromatic N) is 2. The largest absolute Gasteiger partial charge is 0.347 e. The van der Waals surface area contributed by atoms with Gasteiger partial charge in [0, 0.05) is 23.8 Å². The van der Waals surface area contributed by atoms with Crippen molar-refractivity contribution < 1.29 is 4.79 Å². The summed E-state index contributed by atoms with van der Waals surface area (Å²) in [5.74, 6) is -0.170. The zero-order chi connectivity index (χ0) is 14.4. The predicted octanol–water partition coefficient (Wildman–Crippen LogP) is 2.89. The molecule has 0 fully saturated rings. The van der Waals surface area contributed by atoms with Gasteiger partial charge >= 0.3 is 0 Å². The van der Waals surface area contributed by atoms with E-state index in [-0.39, 0.29) is 5.91 Å². The highest BCUT2D eigenvalue weighted by Crippen LogP contribution is 2.15. The monoisotopic (exact) mass is 289 g/mol. The van der Waals surface area contributed by atoms with Gasteiger partial charge in [-0.05, 0) is 30.7 Å². The maximum Gasteiger partial charge on any atom is 0.244 e. The third kappa shape index (κ3) is 3.96. The van der Waals surface area contributed by atoms with Crippen molar-refractivity contribution in [2.75, 3.05) is 0 Å². The molecule has 20 heavy (non-hydrogen) atoms. The topological polar surface area (TPSA) is 46.9 Å². The Morgan fingerprint density at radius 2 is 2.20 bits per heavy atom. The summed E-state index contributed by atoms with van der Waals surface area (Å²) in [6.07, 6.45) is 5.06. The lowest BCUT2D eigenvalue weighted by molar-refractivity contribution is -0.116. The zero-order valence-corrected chi connectivity index (χ0v) is 12.0. The molecule has 0 saturated heterocycles. The molecule has 0 atom stereocenters. The zero-order valence-electron chi connectivity index (χ0n) is 11.2. The number of aromatic nitrogens is 2. The fourth-order valence-electron chi connectivity index (χ4n) is 1.69. The Bertz CT molecular complexity index is 619. The molecule has 5 heteroatoms. The van der Waals surface area contributed by atoms with Crippen LogP contribution >= 0.6 is 11.6 Å². The number of amides is 1. The molecule has 0 saturated carbocycles. The Morgan fingerprint density at radius 3 is 2.90 bits per heavy atom. The van der Waals surface area contributed by atoms with Crippen LogP contribution in [0.3, 0.4) is 0 Å². The van der Waals surface area contributed by atoms with Crippen LogP contribution in [-0.4, -0.2) is 15.7 Å². The van der Waals surface area contributed by atoms with Crippen molar-refractivity contribution in [2.45, 2.75) is 20.0 Å². The summed E-state index contributed by atoms with van der Waals surface area (Å²) >= 11 is 6.00. The van der Waals surface area contributed by atoms with Gasteiger partial charge in [0.1, 0.15) is 0 Å². The Kier molecular flexibility index (Phi) is 4.96. The first kappa shape index (κ1) is 14.3. The molecule has 0 spiro atoms. The first-order valence-corrected chi connectivity index (χ1v) is 6.79. The SMILES string of the molecule is CCn1ccc(CNC(=O)/C=C/c2ccccc2Cl)n1. The van der Waals surface area contributed by atoms with Gasteiger partial charge in [-0.25, -0.2) is 0 Å². The quantitative estimate of drug-likeness (QED) is 0.860. The smallest absolute Gasteiger partial charge is 0.244 e. The van der Waals surface area contributed by atoms with Crippen molar-refractivity contribution in [3.8, 4) is 0 Å². The van der Waals surface area contributed by atoms with Crippen molar-refractivity contribution in [1.82, 2.24) is 15.1 Å². The summed E-state index contributed by atoms with van der Waals surface area (Å²) in [6.45, 7) is 3.25. The van der Waals surface area contributed by atoms with E-state index in [2.05, 4.69) is 10.4 Å². The fourth-order valence-corrected chi connectivity index (χ4v) is 1.89. The molecule has 2 rings (SSSR count). The summed E-state index contributed by atoms with van der Waals surface area (Å²) in [4.78, 5) is 11.7. The van der Waals surface area contributed by atoms with Crippen LogP contribution in [0.25, 0.3) is 6.08 Å². The molecule has 0 aliphatic rings. The van der Waals surface area contributed by atoms with Crippen LogP contribution in [0.15, 0.2) is 42.6 Å². The van der Waals surface area contributed by atoms with Gasteiger partial charge in [0.15, 0.2) is 0 Å². The maximum absolute atomic E-state index is 11.7. The second-order valence-corrected chi connectivity index (χ2v) is 4.64. The third-order valence-electron chi connectivity index (χ3n) is 2.78. The van der Waals surface area contributed by atoms with E-state index in [0.29, 0.717) is 11.6 Å². The average Bonchev–Trinajstić information content (AvgIpc) is 2.92. The van der Waals surface area contributed by atoms with Gasteiger partial charge in [0.05, 0.1) is 12.2 Å².